The standard InChI is InChI=1S/C16H23NO4S2/c1-9-12-11(10(2)18)15(19)17(12)13(16(20)21)14(9)22-5-8-23-6-3-4-7-23/h9-12,18H,3-8H2,1-2H3/p+1/t9?,10-,11?,12?/m1/s1. The van der Waals surface area contributed by atoms with Gasteiger partial charge in [0.2, 0.25) is 5.91 Å². The number of fused-ring (bicyclic) bond motifs is 1. The highest BCUT2D eigenvalue weighted by atomic mass is 32.2. The maximum Gasteiger partial charge on any atom is 0.353 e. The van der Waals surface area contributed by atoms with Crippen LogP contribution in [0.1, 0.15) is 26.7 Å². The van der Waals surface area contributed by atoms with E-state index < -0.39 is 18.0 Å². The Kier molecular flexibility index (Phi) is 4.99. The number of thioether (sulfide) groups is 1. The van der Waals surface area contributed by atoms with E-state index in [1.165, 1.54) is 29.2 Å². The predicted octanol–water partition coefficient (Wildman–Crippen LogP) is 1.29. The molecule has 0 radical (unpaired) electrons. The van der Waals surface area contributed by atoms with Gasteiger partial charge >= 0.3 is 5.97 Å². The van der Waals surface area contributed by atoms with Gasteiger partial charge in [0.25, 0.3) is 0 Å². The number of carbonyl (C=O) groups excluding carboxylic acids is 1. The van der Waals surface area contributed by atoms with Gasteiger partial charge in [-0.3, -0.25) is 4.79 Å². The lowest BCUT2D eigenvalue weighted by Gasteiger charge is -2.46. The van der Waals surface area contributed by atoms with Gasteiger partial charge in [0.1, 0.15) is 23.0 Å². The summed E-state index contributed by atoms with van der Waals surface area (Å²) >= 11 is 1.61. The first-order valence-electron chi connectivity index (χ1n) is 8.19. The summed E-state index contributed by atoms with van der Waals surface area (Å²) in [6.45, 7) is 3.59. The molecule has 4 atom stereocenters. The highest BCUT2D eigenvalue weighted by Crippen LogP contribution is 2.50. The Hall–Kier alpha value is -0.660. The molecule has 0 aromatic carbocycles. The summed E-state index contributed by atoms with van der Waals surface area (Å²) in [5.41, 5.74) is 0.157. The number of aliphatic hydroxyl groups is 1. The molecule has 23 heavy (non-hydrogen) atoms. The van der Waals surface area contributed by atoms with Crippen molar-refractivity contribution < 1.29 is 19.8 Å². The Morgan fingerprint density at radius 3 is 2.65 bits per heavy atom. The van der Waals surface area contributed by atoms with E-state index in [4.69, 9.17) is 0 Å². The van der Waals surface area contributed by atoms with Crippen molar-refractivity contribution in [1.82, 2.24) is 4.90 Å². The molecule has 2 saturated heterocycles. The third-order valence-corrected chi connectivity index (χ3v) is 9.11. The minimum atomic E-state index is -1.03. The van der Waals surface area contributed by atoms with E-state index in [1.54, 1.807) is 18.7 Å². The Morgan fingerprint density at radius 1 is 1.43 bits per heavy atom. The molecule has 3 aliphatic heterocycles. The first-order valence-corrected chi connectivity index (χ1v) is 10.9. The van der Waals surface area contributed by atoms with Gasteiger partial charge in [0, 0.05) is 16.6 Å². The highest BCUT2D eigenvalue weighted by molar-refractivity contribution is 8.04. The molecule has 1 amide bonds. The van der Waals surface area contributed by atoms with Crippen LogP contribution in [-0.4, -0.2) is 62.1 Å². The Labute approximate surface area is 143 Å². The fourth-order valence-corrected chi connectivity index (χ4v) is 7.96. The molecule has 0 saturated carbocycles. The van der Waals surface area contributed by atoms with Gasteiger partial charge in [-0.05, 0) is 30.7 Å². The number of hydrogen-bond donors (Lipinski definition) is 2. The number of carboxylic acid groups (broad SMARTS) is 1. The largest absolute Gasteiger partial charge is 0.477 e. The molecule has 128 valence electrons. The molecule has 0 spiro atoms. The summed E-state index contributed by atoms with van der Waals surface area (Å²) < 4.78 is 0. The van der Waals surface area contributed by atoms with Crippen molar-refractivity contribution in [3.05, 3.63) is 10.6 Å². The van der Waals surface area contributed by atoms with E-state index in [9.17, 15) is 19.8 Å². The van der Waals surface area contributed by atoms with Crippen LogP contribution in [0.15, 0.2) is 10.6 Å². The van der Waals surface area contributed by atoms with E-state index in [0.717, 1.165) is 16.4 Å². The van der Waals surface area contributed by atoms with Gasteiger partial charge < -0.3 is 15.1 Å². The molecule has 3 aliphatic rings. The number of aliphatic carboxylic acids is 1. The van der Waals surface area contributed by atoms with Crippen LogP contribution in [0.4, 0.5) is 0 Å². The van der Waals surface area contributed by atoms with Crippen LogP contribution >= 0.6 is 11.8 Å². The number of rotatable bonds is 6. The average molecular weight is 359 g/mol. The highest BCUT2D eigenvalue weighted by Gasteiger charge is 2.59. The lowest BCUT2D eigenvalue weighted by molar-refractivity contribution is -0.163. The number of nitrogens with zero attached hydrogens (tertiary/aromatic N) is 1. The molecule has 0 aliphatic carbocycles. The number of β-lactam (4-membered cyclic amide) rings is 1. The van der Waals surface area contributed by atoms with Crippen LogP contribution in [0.3, 0.4) is 0 Å². The molecular weight excluding hydrogens is 334 g/mol. The van der Waals surface area contributed by atoms with Gasteiger partial charge in [-0.2, -0.15) is 0 Å². The van der Waals surface area contributed by atoms with Crippen molar-refractivity contribution in [3.8, 4) is 0 Å². The van der Waals surface area contributed by atoms with Crippen LogP contribution in [0.2, 0.25) is 0 Å². The zero-order valence-electron chi connectivity index (χ0n) is 13.5. The normalized spacial score (nSPS) is 32.2. The maximum atomic E-state index is 12.2. The van der Waals surface area contributed by atoms with Crippen molar-refractivity contribution >= 4 is 34.5 Å². The predicted molar refractivity (Wildman–Crippen MR) is 93.3 cm³/mol. The zero-order valence-corrected chi connectivity index (χ0v) is 15.2. The van der Waals surface area contributed by atoms with Crippen LogP contribution < -0.4 is 0 Å². The molecule has 0 bridgehead atoms. The maximum absolute atomic E-state index is 12.2. The minimum Gasteiger partial charge on any atom is -0.477 e. The van der Waals surface area contributed by atoms with E-state index in [1.807, 2.05) is 6.92 Å². The van der Waals surface area contributed by atoms with Gasteiger partial charge in [0.15, 0.2) is 0 Å². The lowest BCUT2D eigenvalue weighted by atomic mass is 9.79. The van der Waals surface area contributed by atoms with Gasteiger partial charge in [-0.25, -0.2) is 4.79 Å². The van der Waals surface area contributed by atoms with E-state index in [-0.39, 0.29) is 23.6 Å². The smallest absolute Gasteiger partial charge is 0.353 e. The van der Waals surface area contributed by atoms with Crippen molar-refractivity contribution in [2.45, 2.75) is 38.8 Å². The van der Waals surface area contributed by atoms with Crippen molar-refractivity contribution in [1.29, 1.82) is 0 Å². The molecular formula is C16H24NO4S2+. The average Bonchev–Trinajstić information content (AvgIpc) is 3.05. The second-order valence-electron chi connectivity index (χ2n) is 6.55. The zero-order chi connectivity index (χ0) is 16.7. The molecule has 0 aromatic rings. The number of carboxylic acids is 1. The summed E-state index contributed by atoms with van der Waals surface area (Å²) in [4.78, 5) is 26.1. The number of carbonyl (C=O) groups is 2. The third-order valence-electron chi connectivity index (χ3n) is 5.06. The topological polar surface area (TPSA) is 77.8 Å². The number of aliphatic hydroxyl groups excluding tert-OH is 1. The second kappa shape index (κ2) is 6.69. The third kappa shape index (κ3) is 2.91. The molecule has 2 N–H and O–H groups in total. The molecule has 3 unspecified atom stereocenters. The number of hydrogen-bond acceptors (Lipinski definition) is 4. The van der Waals surface area contributed by atoms with Crippen LogP contribution in [0.25, 0.3) is 0 Å². The van der Waals surface area contributed by atoms with Gasteiger partial charge in [-0.15, -0.1) is 11.8 Å². The molecule has 2 fully saturated rings. The summed E-state index contributed by atoms with van der Waals surface area (Å²) in [7, 11) is 0.505. The summed E-state index contributed by atoms with van der Waals surface area (Å²) in [6.07, 6.45) is 1.92. The fourth-order valence-electron chi connectivity index (χ4n) is 3.90. The molecule has 3 rings (SSSR count). The van der Waals surface area contributed by atoms with Gasteiger partial charge in [-0.1, -0.05) is 6.92 Å². The van der Waals surface area contributed by atoms with Crippen LogP contribution in [-0.2, 0) is 20.5 Å². The van der Waals surface area contributed by atoms with E-state index in [0.29, 0.717) is 10.9 Å². The monoisotopic (exact) mass is 358 g/mol. The van der Waals surface area contributed by atoms with Crippen molar-refractivity contribution in [3.63, 3.8) is 0 Å². The van der Waals surface area contributed by atoms with Crippen LogP contribution in [0.5, 0.6) is 0 Å². The Morgan fingerprint density at radius 2 is 2.09 bits per heavy atom. The number of amides is 1. The molecule has 0 aromatic heterocycles. The SMILES string of the molecule is CC1C(SCC[S+]2CCCC2)=C(C(=O)O)N2C(=O)C([C@@H](C)O)C12. The van der Waals surface area contributed by atoms with Gasteiger partial charge in [0.05, 0.1) is 18.1 Å². The molecule has 3 heterocycles. The fraction of sp³-hybridized carbons (Fsp3) is 0.750. The Bertz CT molecular complexity index is 542. The van der Waals surface area contributed by atoms with E-state index in [2.05, 4.69) is 0 Å². The van der Waals surface area contributed by atoms with Crippen molar-refractivity contribution in [2.24, 2.45) is 11.8 Å². The first kappa shape index (κ1) is 17.2. The van der Waals surface area contributed by atoms with E-state index >= 15 is 0 Å². The quantitative estimate of drug-likeness (QED) is 0.553. The van der Waals surface area contributed by atoms with Crippen LogP contribution in [0, 0.1) is 11.8 Å². The lowest BCUT2D eigenvalue weighted by Crippen LogP contribution is -2.63. The second-order valence-corrected chi connectivity index (χ2v) is 10.1. The minimum absolute atomic E-state index is 0.00434. The molecule has 7 heteroatoms. The first-order chi connectivity index (χ1) is 10.9. The summed E-state index contributed by atoms with van der Waals surface area (Å²) in [5, 5.41) is 19.4. The molecule has 5 nitrogen and oxygen atoms in total. The summed E-state index contributed by atoms with van der Waals surface area (Å²) in [5.74, 6) is 2.96. The summed E-state index contributed by atoms with van der Waals surface area (Å²) in [6, 6.07) is -0.190. The Balaban J connectivity index is 1.72. The van der Waals surface area contributed by atoms with Crippen molar-refractivity contribution in [2.75, 3.05) is 23.0 Å².